The molecule has 0 aromatic rings. The van der Waals surface area contributed by atoms with Crippen molar-refractivity contribution < 1.29 is 143 Å². The third-order valence-electron chi connectivity index (χ3n) is 15.5. The van der Waals surface area contributed by atoms with Crippen molar-refractivity contribution in [2.75, 3.05) is 85.4 Å². The summed E-state index contributed by atoms with van der Waals surface area (Å²) >= 11 is 0. The molecule has 5 amide bonds. The van der Waals surface area contributed by atoms with Gasteiger partial charge in [-0.2, -0.15) is 0 Å². The first-order valence-electron chi connectivity index (χ1n) is 29.8. The van der Waals surface area contributed by atoms with Crippen LogP contribution in [0.1, 0.15) is 77.6 Å². The van der Waals surface area contributed by atoms with E-state index in [4.69, 9.17) is 37.9 Å². The lowest BCUT2D eigenvalue weighted by molar-refractivity contribution is -0.366. The number of unbranched alkanes of at least 4 members (excludes halogenated alkanes) is 2. The van der Waals surface area contributed by atoms with Gasteiger partial charge in [0, 0.05) is 71.2 Å². The van der Waals surface area contributed by atoms with Crippen LogP contribution in [-0.2, 0) is 76.3 Å². The molecule has 510 valence electrons. The first-order chi connectivity index (χ1) is 42.3. The molecule has 0 bridgehead atoms. The average Bonchev–Trinajstić information content (AvgIpc) is 3.62. The van der Waals surface area contributed by atoms with Gasteiger partial charge in [0.05, 0.1) is 64.7 Å². The predicted molar refractivity (Wildman–Crippen MR) is 294 cm³/mol. The number of carbonyl (C=O) groups excluding carboxylic acids is 8. The van der Waals surface area contributed by atoms with Crippen molar-refractivity contribution in [3.05, 3.63) is 0 Å². The van der Waals surface area contributed by atoms with Gasteiger partial charge in [0.15, 0.2) is 25.2 Å². The normalized spacial score (nSPS) is 33.4. The smallest absolute Gasteiger partial charge is 0.234 e. The Labute approximate surface area is 511 Å². The Kier molecular flexibility index (Phi) is 32.0. The summed E-state index contributed by atoms with van der Waals surface area (Å²) in [5.74, 6) is -4.14. The highest BCUT2D eigenvalue weighted by Crippen LogP contribution is 2.31. The molecule has 5 fully saturated rings. The minimum absolute atomic E-state index is 0.0154. The molecule has 0 radical (unpaired) electrons. The molecule has 0 aromatic heterocycles. The topological polar surface area (TPSA) is 537 Å². The van der Waals surface area contributed by atoms with Crippen molar-refractivity contribution in [2.24, 2.45) is 5.92 Å². The zero-order chi connectivity index (χ0) is 65.5. The third kappa shape index (κ3) is 23.2. The van der Waals surface area contributed by atoms with Gasteiger partial charge in [-0.1, -0.05) is 6.42 Å². The monoisotopic (exact) mass is 1290 g/mol. The molecule has 20 atom stereocenters. The van der Waals surface area contributed by atoms with Crippen LogP contribution < -0.4 is 26.6 Å². The first kappa shape index (κ1) is 75.2. The molecule has 18 N–H and O–H groups in total. The van der Waals surface area contributed by atoms with Gasteiger partial charge in [0.1, 0.15) is 109 Å². The number of carbonyl (C=O) groups is 8. The average molecular weight is 1290 g/mol. The van der Waals surface area contributed by atoms with Gasteiger partial charge in [-0.25, -0.2) is 0 Å². The maximum atomic E-state index is 13.2. The summed E-state index contributed by atoms with van der Waals surface area (Å²) in [4.78, 5) is 102. The number of ketones is 3. The molecular formula is C54H90N6O29. The predicted octanol–water partition coefficient (Wildman–Crippen LogP) is -10.2. The summed E-state index contributed by atoms with van der Waals surface area (Å²) in [7, 11) is 0. The molecule has 5 aliphatic rings. The van der Waals surface area contributed by atoms with Crippen LogP contribution in [0.4, 0.5) is 0 Å². The summed E-state index contributed by atoms with van der Waals surface area (Å²) in [6.07, 6.45) is -30.7. The fraction of sp³-hybridized carbons (Fsp3) is 0.852. The summed E-state index contributed by atoms with van der Waals surface area (Å²) < 4.78 is 44.2. The molecule has 0 unspecified atom stereocenters. The Morgan fingerprint density at radius 3 is 1.38 bits per heavy atom. The second-order valence-corrected chi connectivity index (χ2v) is 22.4. The number of hydrogen-bond donors (Lipinski definition) is 18. The second-order valence-electron chi connectivity index (χ2n) is 22.4. The van der Waals surface area contributed by atoms with Gasteiger partial charge in [-0.15, -0.1) is 0 Å². The molecule has 4 heterocycles. The summed E-state index contributed by atoms with van der Waals surface area (Å²) in [6, 6.07) is 0. The summed E-state index contributed by atoms with van der Waals surface area (Å²) in [6.45, 7) is -2.54. The van der Waals surface area contributed by atoms with Crippen LogP contribution in [0, 0.1) is 5.92 Å². The molecule has 4 saturated heterocycles. The van der Waals surface area contributed by atoms with E-state index in [9.17, 15) is 105 Å². The van der Waals surface area contributed by atoms with E-state index in [2.05, 4.69) is 26.6 Å². The lowest BCUT2D eigenvalue weighted by Gasteiger charge is -2.46. The number of Topliss-reactive ketones (excluding diaryl/α,β-unsaturated/α-hetero) is 3. The zero-order valence-corrected chi connectivity index (χ0v) is 49.4. The first-order valence-corrected chi connectivity index (χ1v) is 29.8. The molecular weight excluding hydrogens is 1200 g/mol. The number of aliphatic hydroxyl groups excluding tert-OH is 13. The highest BCUT2D eigenvalue weighted by Gasteiger charge is 2.52. The standard InChI is InChI=1S/C54H90N6O29/c1-26-39(71)43(75)46(78)51(85-26)82-17-15-58-34(66)8-5-13-56-37(69)21-60(20-36(68)55-12-4-2-3-7-27(63)19-28-29(64)10-11-30(28)65)22-38(70)57-14-6-9-35(67)59-16-18-83-53-49(81)50(89-54-48(80)45(77)41(73)32(24-62)87-54)42(74)33(88-53)25-84-52-47(79)44(76)40(72)31(23-61)86-52/h26,28,31-33,39-54,61-62,71-81H,2-25H2,1H3,(H,55,68)(H,56,69)(H,57,70)(H,58,66)(H,59,67)/t26-,31+,32+,33+,39+,40+,41+,42+,43+,44-,45-,46-,47-,48-,49-,50-,51+,52-,53-,54+/m0/s1. The fourth-order valence-electron chi connectivity index (χ4n) is 10.2. The maximum absolute atomic E-state index is 13.2. The quantitative estimate of drug-likeness (QED) is 0.0203. The Hall–Kier alpha value is -4.52. The van der Waals surface area contributed by atoms with Crippen LogP contribution in [0.25, 0.3) is 0 Å². The zero-order valence-electron chi connectivity index (χ0n) is 49.4. The lowest BCUT2D eigenvalue weighted by atomic mass is 9.96. The molecule has 0 aromatic carbocycles. The molecule has 4 aliphatic heterocycles. The van der Waals surface area contributed by atoms with Crippen LogP contribution in [-0.4, -0.2) is 326 Å². The van der Waals surface area contributed by atoms with Crippen LogP contribution in [0.2, 0.25) is 0 Å². The maximum Gasteiger partial charge on any atom is 0.234 e. The van der Waals surface area contributed by atoms with Gasteiger partial charge >= 0.3 is 0 Å². The largest absolute Gasteiger partial charge is 0.394 e. The number of hydrogen-bond acceptors (Lipinski definition) is 30. The van der Waals surface area contributed by atoms with E-state index >= 15 is 0 Å². The molecule has 0 spiro atoms. The molecule has 1 saturated carbocycles. The van der Waals surface area contributed by atoms with Crippen molar-refractivity contribution in [1.82, 2.24) is 31.5 Å². The lowest BCUT2D eigenvalue weighted by Crippen LogP contribution is -2.65. The second kappa shape index (κ2) is 37.9. The number of nitrogens with zero attached hydrogens (tertiary/aromatic N) is 1. The summed E-state index contributed by atoms with van der Waals surface area (Å²) in [5.41, 5.74) is 0. The van der Waals surface area contributed by atoms with Crippen LogP contribution >= 0.6 is 0 Å². The Balaban J connectivity index is 1.05. The van der Waals surface area contributed by atoms with E-state index in [0.717, 1.165) is 0 Å². The minimum atomic E-state index is -1.97. The van der Waals surface area contributed by atoms with Gasteiger partial charge in [-0.3, -0.25) is 43.3 Å². The van der Waals surface area contributed by atoms with Gasteiger partial charge in [0.25, 0.3) is 0 Å². The van der Waals surface area contributed by atoms with Crippen molar-refractivity contribution in [2.45, 2.75) is 200 Å². The van der Waals surface area contributed by atoms with E-state index in [1.54, 1.807) is 0 Å². The van der Waals surface area contributed by atoms with E-state index < -0.39 is 198 Å². The molecule has 89 heavy (non-hydrogen) atoms. The fourth-order valence-corrected chi connectivity index (χ4v) is 10.2. The van der Waals surface area contributed by atoms with Crippen molar-refractivity contribution in [1.29, 1.82) is 0 Å². The van der Waals surface area contributed by atoms with Crippen LogP contribution in [0.5, 0.6) is 0 Å². The van der Waals surface area contributed by atoms with Crippen molar-refractivity contribution in [3.63, 3.8) is 0 Å². The number of ether oxygens (including phenoxy) is 8. The molecule has 1 aliphatic carbocycles. The molecule has 5 rings (SSSR count). The minimum Gasteiger partial charge on any atom is -0.394 e. The number of nitrogens with one attached hydrogen (secondary N) is 5. The number of amides is 5. The van der Waals surface area contributed by atoms with Crippen molar-refractivity contribution >= 4 is 46.9 Å². The molecule has 35 nitrogen and oxygen atoms in total. The van der Waals surface area contributed by atoms with Gasteiger partial charge < -0.3 is 131 Å². The van der Waals surface area contributed by atoms with E-state index in [1.807, 2.05) is 0 Å². The highest BCUT2D eigenvalue weighted by atomic mass is 16.8. The highest BCUT2D eigenvalue weighted by molar-refractivity contribution is 6.10. The summed E-state index contributed by atoms with van der Waals surface area (Å²) in [5, 5.41) is 147. The van der Waals surface area contributed by atoms with Crippen LogP contribution in [0.3, 0.4) is 0 Å². The third-order valence-corrected chi connectivity index (χ3v) is 15.5. The SMILES string of the molecule is C[C@@H]1O[C@@H](OCCNC(=O)CCCNC(=O)CN(CC(=O)NCCCCCC(=O)CC2C(=O)CCC2=O)CC(=O)NCCCC(=O)NCCO[C@H]2O[C@H](CO[C@H]3O[C@H](CO)[C@@H](O)[C@H](O)[C@@H]3O)[C@@H](O)[C@H](O[C@H]3O[C@H](CO)[C@@H](O)[C@H](O)[C@@H]3O)[C@@H]2O)[C@@H](O)[C@H](O)[C@@H]1O. The van der Waals surface area contributed by atoms with E-state index in [1.165, 1.54) is 11.8 Å². The molecule has 35 heteroatoms. The Morgan fingerprint density at radius 2 is 0.876 bits per heavy atom. The number of aliphatic hydroxyl groups is 13. The van der Waals surface area contributed by atoms with Gasteiger partial charge in [0.2, 0.25) is 29.5 Å². The van der Waals surface area contributed by atoms with Crippen LogP contribution in [0.15, 0.2) is 0 Å². The Bertz CT molecular complexity index is 2240. The van der Waals surface area contributed by atoms with Gasteiger partial charge in [-0.05, 0) is 32.6 Å². The van der Waals surface area contributed by atoms with E-state index in [0.29, 0.717) is 19.3 Å². The number of rotatable bonds is 37. The van der Waals surface area contributed by atoms with Crippen molar-refractivity contribution in [3.8, 4) is 0 Å². The van der Waals surface area contributed by atoms with E-state index in [-0.39, 0.29) is 115 Å². The Morgan fingerprint density at radius 1 is 0.449 bits per heavy atom.